The third kappa shape index (κ3) is 3.65. The van der Waals surface area contributed by atoms with Gasteiger partial charge in [-0.15, -0.1) is 10.2 Å². The van der Waals surface area contributed by atoms with Gasteiger partial charge in [-0.1, -0.05) is 33.8 Å². The first kappa shape index (κ1) is 16.0. The van der Waals surface area contributed by atoms with Crippen LogP contribution in [0.3, 0.4) is 0 Å². The highest BCUT2D eigenvalue weighted by Gasteiger charge is 2.18. The van der Waals surface area contributed by atoms with Crippen molar-refractivity contribution < 1.29 is 9.90 Å². The number of hydrogen-bond donors (Lipinski definition) is 1. The second kappa shape index (κ2) is 6.62. The quantitative estimate of drug-likeness (QED) is 0.812. The summed E-state index contributed by atoms with van der Waals surface area (Å²) < 4.78 is 3.01. The fourth-order valence-corrected chi connectivity index (χ4v) is 2.98. The molecular weight excluding hydrogens is 354 g/mol. The number of aliphatic carboxylic acids is 1. The van der Waals surface area contributed by atoms with Crippen LogP contribution in [0.4, 0.5) is 0 Å². The molecule has 1 aromatic heterocycles. The van der Waals surface area contributed by atoms with Crippen molar-refractivity contribution in [2.75, 3.05) is 5.75 Å². The molecule has 1 N–H and O–H groups in total. The number of thioether (sulfide) groups is 1. The van der Waals surface area contributed by atoms with E-state index in [9.17, 15) is 4.79 Å². The summed E-state index contributed by atoms with van der Waals surface area (Å²) in [5, 5.41) is 17.8. The van der Waals surface area contributed by atoms with Gasteiger partial charge in [0, 0.05) is 16.1 Å². The second-order valence-electron chi connectivity index (χ2n) is 4.92. The molecule has 2 rings (SSSR count). The fourth-order valence-electron chi connectivity index (χ4n) is 1.95. The Morgan fingerprint density at radius 1 is 1.43 bits per heavy atom. The molecule has 0 aliphatic heterocycles. The summed E-state index contributed by atoms with van der Waals surface area (Å²) in [5.41, 5.74) is 2.09. The predicted octanol–water partition coefficient (Wildman–Crippen LogP) is 3.77. The van der Waals surface area contributed by atoms with Crippen LogP contribution in [0, 0.1) is 6.92 Å². The maximum absolute atomic E-state index is 10.7. The lowest BCUT2D eigenvalue weighted by atomic mass is 10.1. The van der Waals surface area contributed by atoms with Crippen LogP contribution in [-0.2, 0) is 4.79 Å². The van der Waals surface area contributed by atoms with Crippen LogP contribution in [-0.4, -0.2) is 31.6 Å². The first-order chi connectivity index (χ1) is 9.90. The van der Waals surface area contributed by atoms with Gasteiger partial charge in [0.1, 0.15) is 0 Å². The second-order valence-corrected chi connectivity index (χ2v) is 6.71. The predicted molar refractivity (Wildman–Crippen MR) is 86.6 cm³/mol. The molecule has 7 heteroatoms. The average molecular weight is 370 g/mol. The van der Waals surface area contributed by atoms with E-state index in [-0.39, 0.29) is 11.8 Å². The van der Waals surface area contributed by atoms with Crippen LogP contribution >= 0.6 is 27.7 Å². The molecule has 1 heterocycles. The molecule has 21 heavy (non-hydrogen) atoms. The van der Waals surface area contributed by atoms with Crippen molar-refractivity contribution in [1.82, 2.24) is 14.8 Å². The molecule has 0 amide bonds. The van der Waals surface area contributed by atoms with Gasteiger partial charge in [-0.25, -0.2) is 0 Å². The largest absolute Gasteiger partial charge is 0.481 e. The zero-order chi connectivity index (χ0) is 15.6. The third-order valence-electron chi connectivity index (χ3n) is 2.92. The summed E-state index contributed by atoms with van der Waals surface area (Å²) in [6, 6.07) is 6.15. The molecule has 1 aromatic carbocycles. The minimum Gasteiger partial charge on any atom is -0.481 e. The maximum atomic E-state index is 10.7. The van der Waals surface area contributed by atoms with Crippen LogP contribution in [0.1, 0.15) is 25.5 Å². The number of halogens is 1. The number of aromatic nitrogens is 3. The van der Waals surface area contributed by atoms with E-state index >= 15 is 0 Å². The van der Waals surface area contributed by atoms with Crippen LogP contribution in [0.2, 0.25) is 0 Å². The van der Waals surface area contributed by atoms with Gasteiger partial charge in [-0.2, -0.15) is 0 Å². The first-order valence-electron chi connectivity index (χ1n) is 6.46. The summed E-state index contributed by atoms with van der Waals surface area (Å²) in [6.07, 6.45) is 0. The van der Waals surface area contributed by atoms with Gasteiger partial charge in [0.2, 0.25) is 0 Å². The normalized spacial score (nSPS) is 11.1. The van der Waals surface area contributed by atoms with Crippen LogP contribution in [0.5, 0.6) is 0 Å². The van der Waals surface area contributed by atoms with Crippen LogP contribution in [0.15, 0.2) is 27.8 Å². The molecule has 0 fully saturated rings. The Hall–Kier alpha value is -1.34. The Morgan fingerprint density at radius 3 is 2.71 bits per heavy atom. The van der Waals surface area contributed by atoms with E-state index in [1.807, 2.05) is 43.5 Å². The van der Waals surface area contributed by atoms with Crippen molar-refractivity contribution in [2.24, 2.45) is 0 Å². The van der Waals surface area contributed by atoms with Crippen LogP contribution < -0.4 is 0 Å². The zero-order valence-electron chi connectivity index (χ0n) is 12.0. The summed E-state index contributed by atoms with van der Waals surface area (Å²) in [7, 11) is 0. The number of carboxylic acids is 1. The number of rotatable bonds is 5. The Balaban J connectivity index is 2.43. The Labute approximate surface area is 135 Å². The van der Waals surface area contributed by atoms with Gasteiger partial charge >= 0.3 is 5.97 Å². The van der Waals surface area contributed by atoms with Crippen LogP contribution in [0.25, 0.3) is 11.4 Å². The number of carboxylic acid groups (broad SMARTS) is 1. The first-order valence-corrected chi connectivity index (χ1v) is 8.24. The Morgan fingerprint density at radius 2 is 2.14 bits per heavy atom. The molecular formula is C14H16BrN3O2S. The summed E-state index contributed by atoms with van der Waals surface area (Å²) in [4.78, 5) is 10.7. The van der Waals surface area contributed by atoms with E-state index in [1.54, 1.807) is 0 Å². The minimum absolute atomic E-state index is 0.0236. The number of aryl methyl sites for hydroxylation is 1. The highest BCUT2D eigenvalue weighted by Crippen LogP contribution is 2.29. The SMILES string of the molecule is Cc1cc(-c2nnc(SCC(=O)O)n2C(C)C)ccc1Br. The number of hydrogen-bond acceptors (Lipinski definition) is 4. The molecule has 0 unspecified atom stereocenters. The maximum Gasteiger partial charge on any atom is 0.313 e. The number of nitrogens with zero attached hydrogens (tertiary/aromatic N) is 3. The third-order valence-corrected chi connectivity index (χ3v) is 4.74. The average Bonchev–Trinajstić information content (AvgIpc) is 2.83. The standard InChI is InChI=1S/C14H16BrN3O2S/c1-8(2)18-13(10-4-5-11(15)9(3)6-10)16-17-14(18)21-7-12(19)20/h4-6,8H,7H2,1-3H3,(H,19,20). The van der Waals surface area contributed by atoms with Gasteiger partial charge in [0.25, 0.3) is 0 Å². The van der Waals surface area contributed by atoms with Gasteiger partial charge in [-0.3, -0.25) is 9.36 Å². The molecule has 2 aromatic rings. The monoisotopic (exact) mass is 369 g/mol. The van der Waals surface area contributed by atoms with Crippen molar-refractivity contribution in [2.45, 2.75) is 32.0 Å². The molecule has 0 spiro atoms. The lowest BCUT2D eigenvalue weighted by Crippen LogP contribution is -2.07. The smallest absolute Gasteiger partial charge is 0.313 e. The van der Waals surface area contributed by atoms with Gasteiger partial charge in [0.05, 0.1) is 5.75 Å². The molecule has 0 radical (unpaired) electrons. The zero-order valence-corrected chi connectivity index (χ0v) is 14.4. The van der Waals surface area contributed by atoms with E-state index in [4.69, 9.17) is 5.11 Å². The molecule has 0 bridgehead atoms. The molecule has 0 saturated carbocycles. The summed E-state index contributed by atoms with van der Waals surface area (Å²) in [5.74, 6) is -0.127. The van der Waals surface area contributed by atoms with Gasteiger partial charge in [-0.05, 0) is 38.5 Å². The lowest BCUT2D eigenvalue weighted by molar-refractivity contribution is -0.133. The fraction of sp³-hybridized carbons (Fsp3) is 0.357. The number of benzene rings is 1. The van der Waals surface area contributed by atoms with Gasteiger partial charge < -0.3 is 5.11 Å². The van der Waals surface area contributed by atoms with Crippen molar-refractivity contribution in [3.05, 3.63) is 28.2 Å². The Bertz CT molecular complexity index is 670. The highest BCUT2D eigenvalue weighted by atomic mass is 79.9. The van der Waals surface area contributed by atoms with Crippen molar-refractivity contribution >= 4 is 33.7 Å². The van der Waals surface area contributed by atoms with Crippen molar-refractivity contribution in [3.63, 3.8) is 0 Å². The topological polar surface area (TPSA) is 68.0 Å². The summed E-state index contributed by atoms with van der Waals surface area (Å²) in [6.45, 7) is 6.08. The molecule has 0 saturated heterocycles. The molecule has 0 atom stereocenters. The van der Waals surface area contributed by atoms with E-state index in [1.165, 1.54) is 11.8 Å². The number of carbonyl (C=O) groups is 1. The molecule has 112 valence electrons. The Kier molecular flexibility index (Phi) is 5.05. The molecule has 5 nitrogen and oxygen atoms in total. The molecule has 0 aliphatic rings. The van der Waals surface area contributed by atoms with Gasteiger partial charge in [0.15, 0.2) is 11.0 Å². The van der Waals surface area contributed by atoms with Crippen molar-refractivity contribution in [3.8, 4) is 11.4 Å². The summed E-state index contributed by atoms with van der Waals surface area (Å²) >= 11 is 4.67. The van der Waals surface area contributed by atoms with E-state index in [0.29, 0.717) is 5.16 Å². The highest BCUT2D eigenvalue weighted by molar-refractivity contribution is 9.10. The lowest BCUT2D eigenvalue weighted by Gasteiger charge is -2.13. The van der Waals surface area contributed by atoms with E-state index < -0.39 is 5.97 Å². The van der Waals surface area contributed by atoms with E-state index in [0.717, 1.165) is 21.4 Å². The minimum atomic E-state index is -0.862. The van der Waals surface area contributed by atoms with E-state index in [2.05, 4.69) is 26.1 Å². The molecule has 0 aliphatic carbocycles. The van der Waals surface area contributed by atoms with Crippen molar-refractivity contribution in [1.29, 1.82) is 0 Å².